The van der Waals surface area contributed by atoms with Crippen molar-refractivity contribution >= 4 is 28.6 Å². The number of nitrogens with one attached hydrogen (secondary N) is 1. The molecule has 2 aromatic rings. The van der Waals surface area contributed by atoms with Gasteiger partial charge in [-0.3, -0.25) is 14.4 Å². The first-order valence-corrected chi connectivity index (χ1v) is 8.78. The van der Waals surface area contributed by atoms with Gasteiger partial charge in [0.1, 0.15) is 0 Å². The van der Waals surface area contributed by atoms with E-state index in [0.29, 0.717) is 25.9 Å². The molecule has 136 valence electrons. The van der Waals surface area contributed by atoms with E-state index in [2.05, 4.69) is 5.32 Å². The van der Waals surface area contributed by atoms with Gasteiger partial charge in [-0.25, -0.2) is 0 Å². The van der Waals surface area contributed by atoms with Crippen LogP contribution in [0.15, 0.2) is 42.5 Å². The fraction of sp³-hybridized carbons (Fsp3) is 0.350. The number of carboxylic acid groups (broad SMARTS) is 1. The molecule has 2 N–H and O–H groups in total. The highest BCUT2D eigenvalue weighted by Gasteiger charge is 2.26. The number of amides is 2. The van der Waals surface area contributed by atoms with Gasteiger partial charge in [0.2, 0.25) is 11.8 Å². The molecule has 1 fully saturated rings. The van der Waals surface area contributed by atoms with Crippen molar-refractivity contribution in [1.29, 1.82) is 0 Å². The largest absolute Gasteiger partial charge is 0.481 e. The Balaban J connectivity index is 1.51. The number of hydrogen-bond donors (Lipinski definition) is 2. The van der Waals surface area contributed by atoms with Crippen molar-refractivity contribution in [3.05, 3.63) is 48.0 Å². The van der Waals surface area contributed by atoms with Crippen molar-refractivity contribution in [3.8, 4) is 0 Å². The van der Waals surface area contributed by atoms with E-state index in [4.69, 9.17) is 5.11 Å². The summed E-state index contributed by atoms with van der Waals surface area (Å²) >= 11 is 0. The fourth-order valence-corrected chi connectivity index (χ4v) is 3.34. The Kier molecular flexibility index (Phi) is 5.51. The number of fused-ring (bicyclic) bond motifs is 1. The highest BCUT2D eigenvalue weighted by atomic mass is 16.4. The molecule has 1 aliphatic rings. The molecule has 0 aliphatic carbocycles. The fourth-order valence-electron chi connectivity index (χ4n) is 3.34. The monoisotopic (exact) mass is 354 g/mol. The molecule has 2 aromatic carbocycles. The van der Waals surface area contributed by atoms with Gasteiger partial charge in [-0.1, -0.05) is 42.5 Å². The molecule has 26 heavy (non-hydrogen) atoms. The molecular weight excluding hydrogens is 332 g/mol. The number of carbonyl (C=O) groups excluding carboxylic acids is 2. The van der Waals surface area contributed by atoms with E-state index in [1.165, 1.54) is 0 Å². The zero-order valence-corrected chi connectivity index (χ0v) is 14.5. The van der Waals surface area contributed by atoms with Gasteiger partial charge in [0, 0.05) is 13.1 Å². The van der Waals surface area contributed by atoms with Gasteiger partial charge in [-0.15, -0.1) is 0 Å². The maximum absolute atomic E-state index is 12.2. The Bertz CT molecular complexity index is 820. The summed E-state index contributed by atoms with van der Waals surface area (Å²) in [5, 5.41) is 13.8. The number of nitrogens with zero attached hydrogens (tertiary/aromatic N) is 1. The van der Waals surface area contributed by atoms with Gasteiger partial charge >= 0.3 is 5.97 Å². The topological polar surface area (TPSA) is 86.7 Å². The summed E-state index contributed by atoms with van der Waals surface area (Å²) in [5.41, 5.74) is 0.926. The highest BCUT2D eigenvalue weighted by Crippen LogP contribution is 2.19. The third-order valence-electron chi connectivity index (χ3n) is 4.86. The van der Waals surface area contributed by atoms with Crippen LogP contribution < -0.4 is 5.32 Å². The molecule has 6 nitrogen and oxygen atoms in total. The molecular formula is C20H22N2O4. The van der Waals surface area contributed by atoms with Gasteiger partial charge in [0.05, 0.1) is 18.9 Å². The molecule has 0 atom stereocenters. The van der Waals surface area contributed by atoms with E-state index in [-0.39, 0.29) is 30.7 Å². The normalized spacial score (nSPS) is 15.0. The van der Waals surface area contributed by atoms with Crippen LogP contribution in [0.4, 0.5) is 0 Å². The van der Waals surface area contributed by atoms with Crippen LogP contribution in [-0.2, 0) is 20.8 Å². The Labute approximate surface area is 151 Å². The molecule has 3 rings (SSSR count). The lowest BCUT2D eigenvalue weighted by atomic mass is 9.97. The molecule has 1 aliphatic heterocycles. The molecule has 1 heterocycles. The first kappa shape index (κ1) is 17.9. The maximum Gasteiger partial charge on any atom is 0.306 e. The lowest BCUT2D eigenvalue weighted by Crippen LogP contribution is -2.45. The average molecular weight is 354 g/mol. The van der Waals surface area contributed by atoms with Crippen LogP contribution in [0.2, 0.25) is 0 Å². The summed E-state index contributed by atoms with van der Waals surface area (Å²) < 4.78 is 0. The zero-order chi connectivity index (χ0) is 18.5. The minimum Gasteiger partial charge on any atom is -0.481 e. The van der Waals surface area contributed by atoms with Crippen LogP contribution in [0.25, 0.3) is 10.8 Å². The smallest absolute Gasteiger partial charge is 0.306 e. The molecule has 0 radical (unpaired) electrons. The van der Waals surface area contributed by atoms with Crippen molar-refractivity contribution in [2.24, 2.45) is 5.92 Å². The summed E-state index contributed by atoms with van der Waals surface area (Å²) in [6.45, 7) is 0.797. The Morgan fingerprint density at radius 2 is 1.73 bits per heavy atom. The quantitative estimate of drug-likeness (QED) is 0.857. The SMILES string of the molecule is O=C(Cc1cccc2ccccc12)NCC(=O)N1CCC(C(=O)O)CC1. The van der Waals surface area contributed by atoms with Crippen molar-refractivity contribution in [2.75, 3.05) is 19.6 Å². The van der Waals surface area contributed by atoms with Crippen LogP contribution in [0.5, 0.6) is 0 Å². The Morgan fingerprint density at radius 3 is 2.46 bits per heavy atom. The zero-order valence-electron chi connectivity index (χ0n) is 14.5. The number of carbonyl (C=O) groups is 3. The Hall–Kier alpha value is -2.89. The van der Waals surface area contributed by atoms with E-state index in [0.717, 1.165) is 16.3 Å². The second kappa shape index (κ2) is 7.99. The number of aliphatic carboxylic acids is 1. The number of rotatable bonds is 5. The Morgan fingerprint density at radius 1 is 1.04 bits per heavy atom. The van der Waals surface area contributed by atoms with E-state index < -0.39 is 5.97 Å². The van der Waals surface area contributed by atoms with Gasteiger partial charge in [0.15, 0.2) is 0 Å². The van der Waals surface area contributed by atoms with E-state index in [9.17, 15) is 14.4 Å². The minimum absolute atomic E-state index is 0.0542. The summed E-state index contributed by atoms with van der Waals surface area (Å²) in [4.78, 5) is 37.0. The summed E-state index contributed by atoms with van der Waals surface area (Å²) in [5.74, 6) is -1.55. The average Bonchev–Trinajstić information content (AvgIpc) is 2.66. The van der Waals surface area contributed by atoms with Crippen molar-refractivity contribution in [3.63, 3.8) is 0 Å². The van der Waals surface area contributed by atoms with Gasteiger partial charge in [-0.05, 0) is 29.2 Å². The van der Waals surface area contributed by atoms with Gasteiger partial charge in [0.25, 0.3) is 0 Å². The number of benzene rings is 2. The minimum atomic E-state index is -0.805. The van der Waals surface area contributed by atoms with Crippen LogP contribution in [0, 0.1) is 5.92 Å². The molecule has 0 unspecified atom stereocenters. The van der Waals surface area contributed by atoms with E-state index in [1.807, 2.05) is 42.5 Å². The first-order chi connectivity index (χ1) is 12.5. The second-order valence-electron chi connectivity index (χ2n) is 6.59. The molecule has 2 amide bonds. The summed E-state index contributed by atoms with van der Waals surface area (Å²) in [6, 6.07) is 13.7. The number of hydrogen-bond acceptors (Lipinski definition) is 3. The lowest BCUT2D eigenvalue weighted by Gasteiger charge is -2.30. The maximum atomic E-state index is 12.2. The molecule has 0 saturated carbocycles. The predicted octanol–water partition coefficient (Wildman–Crippen LogP) is 1.82. The van der Waals surface area contributed by atoms with Crippen molar-refractivity contribution < 1.29 is 19.5 Å². The number of likely N-dealkylation sites (tertiary alicyclic amines) is 1. The summed E-state index contributed by atoms with van der Waals surface area (Å²) in [7, 11) is 0. The van der Waals surface area contributed by atoms with Crippen molar-refractivity contribution in [1.82, 2.24) is 10.2 Å². The number of piperidine rings is 1. The van der Waals surface area contributed by atoms with Gasteiger partial charge in [-0.2, -0.15) is 0 Å². The third kappa shape index (κ3) is 4.20. The molecule has 0 spiro atoms. The highest BCUT2D eigenvalue weighted by molar-refractivity contribution is 5.91. The third-order valence-corrected chi connectivity index (χ3v) is 4.86. The predicted molar refractivity (Wildman–Crippen MR) is 97.6 cm³/mol. The van der Waals surface area contributed by atoms with Crippen molar-refractivity contribution in [2.45, 2.75) is 19.3 Å². The van der Waals surface area contributed by atoms with E-state index >= 15 is 0 Å². The first-order valence-electron chi connectivity index (χ1n) is 8.78. The lowest BCUT2D eigenvalue weighted by molar-refractivity contribution is -0.145. The second-order valence-corrected chi connectivity index (χ2v) is 6.59. The number of carboxylic acids is 1. The van der Waals surface area contributed by atoms with Crippen LogP contribution >= 0.6 is 0 Å². The van der Waals surface area contributed by atoms with Crippen LogP contribution in [0.3, 0.4) is 0 Å². The van der Waals surface area contributed by atoms with Crippen LogP contribution in [0.1, 0.15) is 18.4 Å². The molecule has 6 heteroatoms. The van der Waals surface area contributed by atoms with Gasteiger partial charge < -0.3 is 15.3 Å². The van der Waals surface area contributed by atoms with Crippen LogP contribution in [-0.4, -0.2) is 47.4 Å². The standard InChI is InChI=1S/C20H22N2O4/c23-18(12-16-6-3-5-14-4-1-2-7-17(14)16)21-13-19(24)22-10-8-15(9-11-22)20(25)26/h1-7,15H,8-13H2,(H,21,23)(H,25,26). The van der Waals surface area contributed by atoms with E-state index in [1.54, 1.807) is 4.90 Å². The molecule has 0 aromatic heterocycles. The molecule has 1 saturated heterocycles. The summed E-state index contributed by atoms with van der Waals surface area (Å²) in [6.07, 6.45) is 1.14. The molecule has 0 bridgehead atoms.